The molecule has 3 N–H and O–H groups in total. The molecule has 1 amide bonds. The second-order valence-corrected chi connectivity index (χ2v) is 9.14. The molecule has 2 heterocycles. The van der Waals surface area contributed by atoms with E-state index in [1.54, 1.807) is 0 Å². The highest BCUT2D eigenvalue weighted by Gasteiger charge is 2.22. The van der Waals surface area contributed by atoms with Crippen molar-refractivity contribution in [3.8, 4) is 23.5 Å². The Labute approximate surface area is 252 Å². The number of nitriles is 2. The molecule has 2 aromatic carbocycles. The molecule has 0 atom stereocenters. The fourth-order valence-corrected chi connectivity index (χ4v) is 3.50. The summed E-state index contributed by atoms with van der Waals surface area (Å²) in [5.74, 6) is -1.61. The van der Waals surface area contributed by atoms with Gasteiger partial charge >= 0.3 is 11.4 Å². The number of benzene rings is 2. The van der Waals surface area contributed by atoms with Crippen LogP contribution in [-0.2, 0) is 23.7 Å². The molecule has 0 aliphatic carbocycles. The van der Waals surface area contributed by atoms with Crippen LogP contribution < -0.4 is 22.4 Å². The lowest BCUT2D eigenvalue weighted by Gasteiger charge is -2.09. The molecule has 0 unspecified atom stereocenters. The molecule has 0 spiro atoms. The van der Waals surface area contributed by atoms with E-state index in [1.807, 2.05) is 12.1 Å². The van der Waals surface area contributed by atoms with Gasteiger partial charge in [-0.2, -0.15) is 19.9 Å². The van der Waals surface area contributed by atoms with E-state index in [2.05, 4.69) is 15.5 Å². The summed E-state index contributed by atoms with van der Waals surface area (Å²) in [7, 11) is 2.38. The Morgan fingerprint density at radius 2 is 1.20 bits per heavy atom. The first-order valence-corrected chi connectivity index (χ1v) is 12.5. The molecule has 236 valence electrons. The minimum absolute atomic E-state index is 0.0988. The SMILES string of the molecule is CC(=O)Nc1cc(C#N)ccc1-n1nc(C(F)F)n(C)c1=O.CC(C)=O.Cn1c(C(F)F)nn(-c2ccc(C#N)cc2N)c1=O. The lowest BCUT2D eigenvalue weighted by Crippen LogP contribution is -2.23. The van der Waals surface area contributed by atoms with Gasteiger partial charge in [0.05, 0.1) is 46.0 Å². The zero-order chi connectivity index (χ0) is 34.2. The first-order valence-electron chi connectivity index (χ1n) is 12.5. The Morgan fingerprint density at radius 3 is 1.56 bits per heavy atom. The van der Waals surface area contributed by atoms with Crippen LogP contribution in [0.4, 0.5) is 28.9 Å². The highest BCUT2D eigenvalue weighted by molar-refractivity contribution is 5.91. The van der Waals surface area contributed by atoms with Gasteiger partial charge in [0.15, 0.2) is 0 Å². The van der Waals surface area contributed by atoms with E-state index in [4.69, 9.17) is 16.3 Å². The van der Waals surface area contributed by atoms with Crippen molar-refractivity contribution in [3.63, 3.8) is 0 Å². The number of amides is 1. The molecule has 45 heavy (non-hydrogen) atoms. The van der Waals surface area contributed by atoms with Gasteiger partial charge in [-0.1, -0.05) is 0 Å². The summed E-state index contributed by atoms with van der Waals surface area (Å²) < 4.78 is 54.0. The minimum Gasteiger partial charge on any atom is -0.397 e. The zero-order valence-electron chi connectivity index (χ0n) is 24.4. The van der Waals surface area contributed by atoms with Crippen LogP contribution in [0, 0.1) is 22.7 Å². The van der Waals surface area contributed by atoms with Crippen LogP contribution in [0.3, 0.4) is 0 Å². The summed E-state index contributed by atoms with van der Waals surface area (Å²) in [4.78, 5) is 44.5. The number of rotatable bonds is 5. The third-order valence-electron chi connectivity index (χ3n) is 5.47. The molecule has 0 aliphatic rings. The third kappa shape index (κ3) is 8.51. The van der Waals surface area contributed by atoms with Crippen LogP contribution in [0.5, 0.6) is 0 Å². The van der Waals surface area contributed by atoms with Crippen molar-refractivity contribution in [3.05, 3.63) is 80.1 Å². The van der Waals surface area contributed by atoms with Crippen molar-refractivity contribution in [2.45, 2.75) is 33.6 Å². The average molecular weight is 631 g/mol. The lowest BCUT2D eigenvalue weighted by molar-refractivity contribution is -0.115. The topological polar surface area (TPSA) is 199 Å². The van der Waals surface area contributed by atoms with Crippen LogP contribution in [0.25, 0.3) is 11.4 Å². The highest BCUT2D eigenvalue weighted by Crippen LogP contribution is 2.22. The van der Waals surface area contributed by atoms with E-state index in [1.165, 1.54) is 71.3 Å². The maximum atomic E-state index is 12.8. The van der Waals surface area contributed by atoms with E-state index < -0.39 is 41.8 Å². The Morgan fingerprint density at radius 1 is 0.800 bits per heavy atom. The summed E-state index contributed by atoms with van der Waals surface area (Å²) in [5, 5.41) is 27.2. The number of aromatic nitrogens is 6. The number of nitrogens with zero attached hydrogens (tertiary/aromatic N) is 8. The minimum atomic E-state index is -2.92. The van der Waals surface area contributed by atoms with Crippen LogP contribution in [-0.4, -0.2) is 40.4 Å². The predicted molar refractivity (Wildman–Crippen MR) is 152 cm³/mol. The number of hydrogen-bond acceptors (Lipinski definition) is 9. The van der Waals surface area contributed by atoms with Crippen molar-refractivity contribution < 1.29 is 27.2 Å². The Kier molecular flexibility index (Phi) is 11.7. The number of nitrogen functional groups attached to an aromatic ring is 1. The molecular formula is C27H26F4N10O4. The van der Waals surface area contributed by atoms with E-state index >= 15 is 0 Å². The highest BCUT2D eigenvalue weighted by atomic mass is 19.3. The van der Waals surface area contributed by atoms with Crippen molar-refractivity contribution >= 4 is 23.1 Å². The monoisotopic (exact) mass is 630 g/mol. The van der Waals surface area contributed by atoms with Crippen molar-refractivity contribution in [2.75, 3.05) is 11.1 Å². The molecule has 14 nitrogen and oxygen atoms in total. The predicted octanol–water partition coefficient (Wildman–Crippen LogP) is 2.90. The van der Waals surface area contributed by atoms with Gasteiger partial charge in [0, 0.05) is 21.0 Å². The molecular weight excluding hydrogens is 604 g/mol. The first kappa shape index (κ1) is 35.2. The number of carbonyl (C=O) groups excluding carboxylic acids is 2. The van der Waals surface area contributed by atoms with Crippen LogP contribution >= 0.6 is 0 Å². The number of nitrogens with two attached hydrogens (primary N) is 1. The van der Waals surface area contributed by atoms with Crippen molar-refractivity contribution in [1.29, 1.82) is 10.5 Å². The molecule has 4 rings (SSSR count). The van der Waals surface area contributed by atoms with Crippen LogP contribution in [0.15, 0.2) is 46.0 Å². The summed E-state index contributed by atoms with van der Waals surface area (Å²) in [5.41, 5.74) is 5.22. The zero-order valence-corrected chi connectivity index (χ0v) is 24.4. The second-order valence-electron chi connectivity index (χ2n) is 9.14. The molecule has 0 radical (unpaired) electrons. The Balaban J connectivity index is 0.000000283. The third-order valence-corrected chi connectivity index (χ3v) is 5.47. The van der Waals surface area contributed by atoms with Gasteiger partial charge in [-0.25, -0.2) is 27.2 Å². The van der Waals surface area contributed by atoms with Gasteiger partial charge in [0.25, 0.3) is 12.9 Å². The molecule has 0 saturated carbocycles. The van der Waals surface area contributed by atoms with E-state index in [0.29, 0.717) is 5.56 Å². The summed E-state index contributed by atoms with van der Waals surface area (Å²) in [6, 6.07) is 12.0. The standard InChI is InChI=1S/C13H11F2N5O2.C11H9F2N5O.C3H6O/c1-7(21)17-9-5-8(6-16)3-4-10(9)20-13(22)19(2)12(18-20)11(14)15;1-17-10(9(12)13)16-18(11(17)19)8-3-2-6(5-14)4-7(8)15;1-3(2)4/h3-5,11H,1-2H3,(H,17,21);2-4,9H,15H2,1H3;1-2H3. The summed E-state index contributed by atoms with van der Waals surface area (Å²) >= 11 is 0. The van der Waals surface area contributed by atoms with E-state index in [-0.39, 0.29) is 34.1 Å². The largest absolute Gasteiger partial charge is 0.397 e. The Hall–Kier alpha value is -6.04. The smallest absolute Gasteiger partial charge is 0.350 e. The number of ketones is 1. The van der Waals surface area contributed by atoms with Crippen LogP contribution in [0.1, 0.15) is 56.4 Å². The molecule has 0 fully saturated rings. The van der Waals surface area contributed by atoms with Gasteiger partial charge in [0.1, 0.15) is 5.78 Å². The number of hydrogen-bond donors (Lipinski definition) is 2. The molecule has 18 heteroatoms. The molecule has 0 bridgehead atoms. The van der Waals surface area contributed by atoms with Crippen molar-refractivity contribution in [1.82, 2.24) is 28.7 Å². The number of halogens is 4. The fourth-order valence-electron chi connectivity index (χ4n) is 3.50. The fraction of sp³-hybridized carbons (Fsp3) is 0.259. The maximum Gasteiger partial charge on any atom is 0.350 e. The van der Waals surface area contributed by atoms with Gasteiger partial charge in [-0.15, -0.1) is 10.2 Å². The number of Topliss-reactive ketones (excluding diaryl/α,β-unsaturated/α-hetero) is 1. The number of nitrogens with one attached hydrogen (secondary N) is 1. The second kappa shape index (κ2) is 14.9. The van der Waals surface area contributed by atoms with Crippen molar-refractivity contribution in [2.24, 2.45) is 14.1 Å². The quantitative estimate of drug-likeness (QED) is 0.246. The van der Waals surface area contributed by atoms with Gasteiger partial charge in [-0.3, -0.25) is 13.9 Å². The van der Waals surface area contributed by atoms with Gasteiger partial charge in [0.2, 0.25) is 17.6 Å². The summed E-state index contributed by atoms with van der Waals surface area (Å²) in [6.45, 7) is 4.30. The molecule has 4 aromatic rings. The Bertz CT molecular complexity index is 1920. The molecule has 2 aromatic heterocycles. The molecule has 0 saturated heterocycles. The van der Waals surface area contributed by atoms with Crippen LogP contribution in [0.2, 0.25) is 0 Å². The summed E-state index contributed by atoms with van der Waals surface area (Å²) in [6.07, 6.45) is -5.78. The first-order chi connectivity index (χ1) is 21.0. The molecule has 0 aliphatic heterocycles. The van der Waals surface area contributed by atoms with E-state index in [9.17, 15) is 36.7 Å². The normalized spacial score (nSPS) is 10.2. The average Bonchev–Trinajstić information content (AvgIpc) is 3.43. The maximum absolute atomic E-state index is 12.8. The lowest BCUT2D eigenvalue weighted by atomic mass is 10.2. The number of alkyl halides is 4. The van der Waals surface area contributed by atoms with Gasteiger partial charge < -0.3 is 15.8 Å². The van der Waals surface area contributed by atoms with E-state index in [0.717, 1.165) is 18.5 Å². The number of anilines is 2. The van der Waals surface area contributed by atoms with Gasteiger partial charge in [-0.05, 0) is 50.2 Å². The number of carbonyl (C=O) groups is 2.